The molecule has 1 N–H and O–H groups in total. The molecule has 1 atom stereocenters. The van der Waals surface area contributed by atoms with E-state index in [0.717, 1.165) is 5.56 Å². The number of rotatable bonds is 5. The third-order valence-corrected chi connectivity index (χ3v) is 2.67. The zero-order chi connectivity index (χ0) is 15.3. The van der Waals surface area contributed by atoms with Gasteiger partial charge in [0.2, 0.25) is 5.91 Å². The number of halogens is 2. The molecule has 1 aromatic rings. The van der Waals surface area contributed by atoms with Crippen LogP contribution in [0.4, 0.5) is 8.78 Å². The van der Waals surface area contributed by atoms with Crippen molar-refractivity contribution in [3.05, 3.63) is 29.8 Å². The Morgan fingerprint density at radius 1 is 1.25 bits per heavy atom. The summed E-state index contributed by atoms with van der Waals surface area (Å²) < 4.78 is 28.3. The minimum atomic E-state index is -2.83. The number of carbonyl (C=O) groups excluding carboxylic acids is 1. The molecule has 20 heavy (non-hydrogen) atoms. The molecule has 0 spiro atoms. The van der Waals surface area contributed by atoms with E-state index in [1.807, 2.05) is 27.7 Å². The number of alkyl halides is 2. The lowest BCUT2D eigenvalue weighted by Gasteiger charge is -2.20. The Morgan fingerprint density at radius 2 is 1.80 bits per heavy atom. The molecule has 0 radical (unpaired) electrons. The van der Waals surface area contributed by atoms with Crippen LogP contribution in [0.15, 0.2) is 24.3 Å². The number of benzene rings is 1. The van der Waals surface area contributed by atoms with Gasteiger partial charge < -0.3 is 10.1 Å². The van der Waals surface area contributed by atoms with Crippen molar-refractivity contribution in [1.82, 2.24) is 5.32 Å². The van der Waals surface area contributed by atoms with E-state index in [1.165, 1.54) is 12.1 Å². The topological polar surface area (TPSA) is 38.3 Å². The Kier molecular flexibility index (Phi) is 5.48. The largest absolute Gasteiger partial charge is 0.435 e. The lowest BCUT2D eigenvalue weighted by atomic mass is 9.91. The molecular formula is C15H21F2NO2. The lowest BCUT2D eigenvalue weighted by Crippen LogP contribution is -2.29. The predicted molar refractivity (Wildman–Crippen MR) is 73.7 cm³/mol. The van der Waals surface area contributed by atoms with E-state index >= 15 is 0 Å². The summed E-state index contributed by atoms with van der Waals surface area (Å²) in [7, 11) is 0. The molecule has 0 aliphatic heterocycles. The lowest BCUT2D eigenvalue weighted by molar-refractivity contribution is -0.123. The van der Waals surface area contributed by atoms with Crippen molar-refractivity contribution in [2.45, 2.75) is 46.8 Å². The normalized spacial score (nSPS) is 13.2. The van der Waals surface area contributed by atoms with Crippen molar-refractivity contribution in [3.8, 4) is 5.75 Å². The molecule has 0 aliphatic carbocycles. The van der Waals surface area contributed by atoms with Crippen molar-refractivity contribution in [1.29, 1.82) is 0 Å². The molecule has 0 aliphatic rings. The number of nitrogens with one attached hydrogen (secondary N) is 1. The molecule has 3 nitrogen and oxygen atoms in total. The van der Waals surface area contributed by atoms with Crippen LogP contribution < -0.4 is 10.1 Å². The van der Waals surface area contributed by atoms with E-state index in [1.54, 1.807) is 12.1 Å². The maximum Gasteiger partial charge on any atom is 0.387 e. The summed E-state index contributed by atoms with van der Waals surface area (Å²) in [4.78, 5) is 11.8. The molecule has 5 heteroatoms. The van der Waals surface area contributed by atoms with E-state index in [9.17, 15) is 13.6 Å². The first-order valence-corrected chi connectivity index (χ1v) is 6.51. The maximum atomic E-state index is 12.0. The first kappa shape index (κ1) is 16.4. The van der Waals surface area contributed by atoms with Crippen molar-refractivity contribution in [3.63, 3.8) is 0 Å². The number of hydrogen-bond donors (Lipinski definition) is 1. The van der Waals surface area contributed by atoms with Crippen LogP contribution in [0.3, 0.4) is 0 Å². The maximum absolute atomic E-state index is 12.0. The van der Waals surface area contributed by atoms with Gasteiger partial charge in [-0.2, -0.15) is 8.78 Å². The van der Waals surface area contributed by atoms with Crippen LogP contribution in [0.5, 0.6) is 5.75 Å². The molecule has 0 saturated carbocycles. The average Bonchev–Trinajstić information content (AvgIpc) is 2.26. The van der Waals surface area contributed by atoms with Crippen LogP contribution in [0, 0.1) is 5.41 Å². The average molecular weight is 285 g/mol. The highest BCUT2D eigenvalue weighted by Crippen LogP contribution is 2.21. The Labute approximate surface area is 118 Å². The monoisotopic (exact) mass is 285 g/mol. The minimum Gasteiger partial charge on any atom is -0.435 e. The summed E-state index contributed by atoms with van der Waals surface area (Å²) in [5.74, 6) is 0.0786. The van der Waals surface area contributed by atoms with Gasteiger partial charge in [-0.05, 0) is 30.0 Å². The van der Waals surface area contributed by atoms with Gasteiger partial charge in [-0.25, -0.2) is 0 Å². The number of amides is 1. The number of ether oxygens (including phenoxy) is 1. The van der Waals surface area contributed by atoms with E-state index in [4.69, 9.17) is 0 Å². The molecule has 0 fully saturated rings. The van der Waals surface area contributed by atoms with Gasteiger partial charge in [0, 0.05) is 6.42 Å². The van der Waals surface area contributed by atoms with Crippen molar-refractivity contribution >= 4 is 5.91 Å². The quantitative estimate of drug-likeness (QED) is 0.891. The third-order valence-electron chi connectivity index (χ3n) is 2.67. The highest BCUT2D eigenvalue weighted by Gasteiger charge is 2.17. The zero-order valence-corrected chi connectivity index (χ0v) is 12.2. The van der Waals surface area contributed by atoms with E-state index in [2.05, 4.69) is 10.1 Å². The fraction of sp³-hybridized carbons (Fsp3) is 0.533. The van der Waals surface area contributed by atoms with Crippen molar-refractivity contribution in [2.75, 3.05) is 0 Å². The second-order valence-corrected chi connectivity index (χ2v) is 5.97. The highest BCUT2D eigenvalue weighted by molar-refractivity contribution is 5.77. The summed E-state index contributed by atoms with van der Waals surface area (Å²) >= 11 is 0. The molecule has 1 amide bonds. The van der Waals surface area contributed by atoms with Gasteiger partial charge in [0.25, 0.3) is 0 Å². The van der Waals surface area contributed by atoms with E-state index < -0.39 is 6.61 Å². The Bertz CT molecular complexity index is 438. The van der Waals surface area contributed by atoms with Gasteiger partial charge in [0.1, 0.15) is 5.75 Å². The van der Waals surface area contributed by atoms with Crippen molar-refractivity contribution < 1.29 is 18.3 Å². The molecule has 1 aromatic carbocycles. The molecule has 0 saturated heterocycles. The number of hydrogen-bond acceptors (Lipinski definition) is 2. The van der Waals surface area contributed by atoms with Gasteiger partial charge in [-0.1, -0.05) is 32.9 Å². The molecule has 112 valence electrons. The SMILES string of the molecule is CC(NC(=O)CC(C)(C)C)c1ccc(OC(F)F)cc1. The van der Waals surface area contributed by atoms with Gasteiger partial charge in [-0.15, -0.1) is 0 Å². The first-order valence-electron chi connectivity index (χ1n) is 6.51. The summed E-state index contributed by atoms with van der Waals surface area (Å²) in [6.45, 7) is 5.00. The summed E-state index contributed by atoms with van der Waals surface area (Å²) in [6, 6.07) is 6.09. The molecular weight excluding hydrogens is 264 g/mol. The van der Waals surface area contributed by atoms with Crippen LogP contribution in [-0.4, -0.2) is 12.5 Å². The van der Waals surface area contributed by atoms with Crippen LogP contribution in [0.2, 0.25) is 0 Å². The minimum absolute atomic E-state index is 0.0297. The number of carbonyl (C=O) groups is 1. The summed E-state index contributed by atoms with van der Waals surface area (Å²) in [5.41, 5.74) is 0.771. The molecule has 0 bridgehead atoms. The molecule has 0 heterocycles. The van der Waals surface area contributed by atoms with Crippen molar-refractivity contribution in [2.24, 2.45) is 5.41 Å². The van der Waals surface area contributed by atoms with Crippen LogP contribution in [-0.2, 0) is 4.79 Å². The summed E-state index contributed by atoms with van der Waals surface area (Å²) in [5, 5.41) is 2.89. The second-order valence-electron chi connectivity index (χ2n) is 5.97. The Balaban J connectivity index is 2.59. The van der Waals surface area contributed by atoms with Gasteiger partial charge >= 0.3 is 6.61 Å². The third kappa shape index (κ3) is 5.99. The molecule has 1 unspecified atom stereocenters. The van der Waals surface area contributed by atoms with Gasteiger partial charge in [-0.3, -0.25) is 4.79 Å². The predicted octanol–water partition coefficient (Wildman–Crippen LogP) is 3.90. The fourth-order valence-electron chi connectivity index (χ4n) is 1.80. The van der Waals surface area contributed by atoms with Crippen LogP contribution in [0.25, 0.3) is 0 Å². The van der Waals surface area contributed by atoms with E-state index in [-0.39, 0.29) is 23.1 Å². The second kappa shape index (κ2) is 6.68. The standard InChI is InChI=1S/C15H21F2NO2/c1-10(18-13(19)9-15(2,3)4)11-5-7-12(8-6-11)20-14(16)17/h5-8,10,14H,9H2,1-4H3,(H,18,19). The van der Waals surface area contributed by atoms with Gasteiger partial charge in [0.15, 0.2) is 0 Å². The molecule has 0 aromatic heterocycles. The zero-order valence-electron chi connectivity index (χ0n) is 12.2. The smallest absolute Gasteiger partial charge is 0.387 e. The fourth-order valence-corrected chi connectivity index (χ4v) is 1.80. The summed E-state index contributed by atoms with van der Waals surface area (Å²) in [6.07, 6.45) is 0.434. The van der Waals surface area contributed by atoms with Crippen LogP contribution in [0.1, 0.15) is 45.7 Å². The first-order chi connectivity index (χ1) is 9.17. The Morgan fingerprint density at radius 3 is 2.25 bits per heavy atom. The van der Waals surface area contributed by atoms with E-state index in [0.29, 0.717) is 6.42 Å². The van der Waals surface area contributed by atoms with Crippen LogP contribution >= 0.6 is 0 Å². The highest BCUT2D eigenvalue weighted by atomic mass is 19.3. The molecule has 1 rings (SSSR count). The Hall–Kier alpha value is -1.65. The van der Waals surface area contributed by atoms with Gasteiger partial charge in [0.05, 0.1) is 6.04 Å².